The maximum Gasteiger partial charge on any atom is 0.0446 e. The first kappa shape index (κ1) is 17.9. The van der Waals surface area contributed by atoms with Crippen LogP contribution in [0, 0.1) is 11.8 Å². The summed E-state index contributed by atoms with van der Waals surface area (Å²) in [5.74, 6) is 1.49. The Balaban J connectivity index is 2.62. The number of rotatable bonds is 8. The van der Waals surface area contributed by atoms with Crippen LogP contribution in [0.5, 0.6) is 0 Å². The molecule has 3 heteroatoms. The number of benzene rings is 1. The Kier molecular flexibility index (Phi) is 7.49. The van der Waals surface area contributed by atoms with E-state index in [0.717, 1.165) is 24.9 Å². The molecule has 0 radical (unpaired) electrons. The first-order valence-electron chi connectivity index (χ1n) is 7.71. The standard InChI is InChI=1S/C17H30BrNSi/c1-14(2)11-19-12-16(13-20(3,4)5)9-15-7-6-8-17(18)10-15/h6-8,10,14,16,19H,9,11-13H2,1-5H3. The van der Waals surface area contributed by atoms with Gasteiger partial charge in [-0.15, -0.1) is 0 Å². The molecule has 1 aromatic rings. The van der Waals surface area contributed by atoms with E-state index in [1.54, 1.807) is 0 Å². The zero-order chi connectivity index (χ0) is 15.2. The molecule has 1 aromatic carbocycles. The summed E-state index contributed by atoms with van der Waals surface area (Å²) in [7, 11) is -1.02. The van der Waals surface area contributed by atoms with Crippen molar-refractivity contribution < 1.29 is 0 Å². The van der Waals surface area contributed by atoms with Crippen molar-refractivity contribution >= 4 is 24.0 Å². The van der Waals surface area contributed by atoms with Gasteiger partial charge in [-0.3, -0.25) is 0 Å². The Morgan fingerprint density at radius 3 is 2.40 bits per heavy atom. The topological polar surface area (TPSA) is 12.0 Å². The van der Waals surface area contributed by atoms with E-state index in [1.165, 1.54) is 22.5 Å². The zero-order valence-electron chi connectivity index (χ0n) is 13.7. The molecule has 1 atom stereocenters. The van der Waals surface area contributed by atoms with E-state index < -0.39 is 8.07 Å². The van der Waals surface area contributed by atoms with E-state index in [-0.39, 0.29) is 0 Å². The van der Waals surface area contributed by atoms with E-state index in [9.17, 15) is 0 Å². The lowest BCUT2D eigenvalue weighted by molar-refractivity contribution is 0.470. The van der Waals surface area contributed by atoms with Crippen molar-refractivity contribution in [2.24, 2.45) is 11.8 Å². The lowest BCUT2D eigenvalue weighted by Gasteiger charge is -2.25. The number of halogens is 1. The maximum atomic E-state index is 3.65. The molecule has 1 N–H and O–H groups in total. The first-order chi connectivity index (χ1) is 9.26. The van der Waals surface area contributed by atoms with Crippen molar-refractivity contribution in [3.8, 4) is 0 Å². The van der Waals surface area contributed by atoms with Crippen LogP contribution in [0.4, 0.5) is 0 Å². The minimum atomic E-state index is -1.02. The summed E-state index contributed by atoms with van der Waals surface area (Å²) in [6.45, 7) is 14.2. The number of nitrogens with one attached hydrogen (secondary N) is 1. The minimum absolute atomic E-state index is 0.730. The second-order valence-corrected chi connectivity index (χ2v) is 14.0. The predicted octanol–water partition coefficient (Wildman–Crippen LogP) is 5.19. The highest BCUT2D eigenvalue weighted by atomic mass is 79.9. The van der Waals surface area contributed by atoms with Gasteiger partial charge in [-0.2, -0.15) is 0 Å². The average Bonchev–Trinajstić information content (AvgIpc) is 2.25. The van der Waals surface area contributed by atoms with Gasteiger partial charge in [0.15, 0.2) is 0 Å². The van der Waals surface area contributed by atoms with Gasteiger partial charge < -0.3 is 5.32 Å². The van der Waals surface area contributed by atoms with Gasteiger partial charge in [-0.1, -0.05) is 67.6 Å². The van der Waals surface area contributed by atoms with E-state index in [4.69, 9.17) is 0 Å². The summed E-state index contributed by atoms with van der Waals surface area (Å²) in [5.41, 5.74) is 1.45. The second kappa shape index (κ2) is 8.35. The molecule has 1 nitrogen and oxygen atoms in total. The van der Waals surface area contributed by atoms with Crippen LogP contribution in [0.2, 0.25) is 25.7 Å². The van der Waals surface area contributed by atoms with E-state index >= 15 is 0 Å². The Morgan fingerprint density at radius 2 is 1.85 bits per heavy atom. The molecule has 114 valence electrons. The molecular formula is C17H30BrNSi. The Labute approximate surface area is 134 Å². The third-order valence-electron chi connectivity index (χ3n) is 3.30. The van der Waals surface area contributed by atoms with Crippen LogP contribution in [0.1, 0.15) is 19.4 Å². The average molecular weight is 356 g/mol. The Hall–Kier alpha value is -0.123. The van der Waals surface area contributed by atoms with Crippen LogP contribution >= 0.6 is 15.9 Å². The minimum Gasteiger partial charge on any atom is -0.316 e. The van der Waals surface area contributed by atoms with Crippen molar-refractivity contribution in [1.82, 2.24) is 5.32 Å². The number of hydrogen-bond acceptors (Lipinski definition) is 1. The molecule has 0 aromatic heterocycles. The van der Waals surface area contributed by atoms with Gasteiger partial charge >= 0.3 is 0 Å². The summed E-state index contributed by atoms with van der Waals surface area (Å²) in [4.78, 5) is 0. The van der Waals surface area contributed by atoms with Crippen molar-refractivity contribution in [2.45, 2.75) is 46.0 Å². The van der Waals surface area contributed by atoms with Gasteiger partial charge in [-0.05, 0) is 49.0 Å². The zero-order valence-corrected chi connectivity index (χ0v) is 16.3. The van der Waals surface area contributed by atoms with Crippen LogP contribution in [0.3, 0.4) is 0 Å². The summed E-state index contributed by atoms with van der Waals surface area (Å²) in [5, 5.41) is 3.65. The highest BCUT2D eigenvalue weighted by Crippen LogP contribution is 2.22. The normalized spacial score (nSPS) is 13.8. The molecule has 0 bridgehead atoms. The summed E-state index contributed by atoms with van der Waals surface area (Å²) in [6, 6.07) is 10.2. The quantitative estimate of drug-likeness (QED) is 0.632. The molecule has 0 aliphatic carbocycles. The number of hydrogen-bond donors (Lipinski definition) is 1. The van der Waals surface area contributed by atoms with E-state index in [1.807, 2.05) is 0 Å². The largest absolute Gasteiger partial charge is 0.316 e. The first-order valence-corrected chi connectivity index (χ1v) is 12.2. The molecule has 0 heterocycles. The van der Waals surface area contributed by atoms with Crippen LogP contribution < -0.4 is 5.32 Å². The fourth-order valence-electron chi connectivity index (χ4n) is 2.66. The highest BCUT2D eigenvalue weighted by Gasteiger charge is 2.20. The summed E-state index contributed by atoms with van der Waals surface area (Å²) in [6.07, 6.45) is 1.19. The lowest BCUT2D eigenvalue weighted by atomic mass is 10.0. The monoisotopic (exact) mass is 355 g/mol. The molecule has 0 aliphatic heterocycles. The molecule has 0 fully saturated rings. The fraction of sp³-hybridized carbons (Fsp3) is 0.647. The predicted molar refractivity (Wildman–Crippen MR) is 97.2 cm³/mol. The van der Waals surface area contributed by atoms with Crippen LogP contribution in [0.25, 0.3) is 0 Å². The van der Waals surface area contributed by atoms with Gasteiger partial charge in [0.05, 0.1) is 0 Å². The third kappa shape index (κ3) is 8.23. The van der Waals surface area contributed by atoms with Gasteiger partial charge in [0, 0.05) is 12.5 Å². The van der Waals surface area contributed by atoms with Gasteiger partial charge in [0.2, 0.25) is 0 Å². The van der Waals surface area contributed by atoms with Crippen molar-refractivity contribution in [2.75, 3.05) is 13.1 Å². The molecule has 1 unspecified atom stereocenters. The van der Waals surface area contributed by atoms with E-state index in [0.29, 0.717) is 0 Å². The Morgan fingerprint density at radius 1 is 1.15 bits per heavy atom. The SMILES string of the molecule is CC(C)CNCC(Cc1cccc(Br)c1)C[Si](C)(C)C. The van der Waals surface area contributed by atoms with Crippen LogP contribution in [-0.2, 0) is 6.42 Å². The smallest absolute Gasteiger partial charge is 0.0446 e. The molecule has 20 heavy (non-hydrogen) atoms. The summed E-state index contributed by atoms with van der Waals surface area (Å²) >= 11 is 3.58. The molecular weight excluding hydrogens is 326 g/mol. The summed E-state index contributed by atoms with van der Waals surface area (Å²) < 4.78 is 1.19. The molecule has 0 saturated carbocycles. The molecule has 0 spiro atoms. The van der Waals surface area contributed by atoms with Gasteiger partial charge in [0.1, 0.15) is 0 Å². The maximum absolute atomic E-state index is 3.65. The lowest BCUT2D eigenvalue weighted by Crippen LogP contribution is -2.33. The van der Waals surface area contributed by atoms with Crippen LogP contribution in [0.15, 0.2) is 28.7 Å². The third-order valence-corrected chi connectivity index (χ3v) is 5.60. The van der Waals surface area contributed by atoms with Crippen LogP contribution in [-0.4, -0.2) is 21.2 Å². The highest BCUT2D eigenvalue weighted by molar-refractivity contribution is 9.10. The van der Waals surface area contributed by atoms with Crippen molar-refractivity contribution in [3.63, 3.8) is 0 Å². The van der Waals surface area contributed by atoms with Crippen molar-refractivity contribution in [3.05, 3.63) is 34.3 Å². The second-order valence-electron chi connectivity index (χ2n) is 7.52. The van der Waals surface area contributed by atoms with Gasteiger partial charge in [0.25, 0.3) is 0 Å². The fourth-order valence-corrected chi connectivity index (χ4v) is 5.12. The molecule has 1 rings (SSSR count). The molecule has 0 amide bonds. The Bertz CT molecular complexity index is 398. The van der Waals surface area contributed by atoms with Gasteiger partial charge in [-0.25, -0.2) is 0 Å². The van der Waals surface area contributed by atoms with E-state index in [2.05, 4.69) is 79.0 Å². The van der Waals surface area contributed by atoms with Crippen molar-refractivity contribution in [1.29, 1.82) is 0 Å². The molecule has 0 aliphatic rings. The molecule has 0 saturated heterocycles.